The number of fused-ring (bicyclic) bond motifs is 2. The van der Waals surface area contributed by atoms with Gasteiger partial charge in [0.15, 0.2) is 0 Å². The van der Waals surface area contributed by atoms with Gasteiger partial charge in [0.05, 0.1) is 5.54 Å². The predicted octanol–water partition coefficient (Wildman–Crippen LogP) is 1.42. The molecule has 96 valence electrons. The van der Waals surface area contributed by atoms with Crippen LogP contribution in [0.1, 0.15) is 19.3 Å². The molecule has 4 rings (SSSR count). The number of hydrogen-bond donors (Lipinski definition) is 0. The molecular formula is C15H20N2O. The van der Waals surface area contributed by atoms with Gasteiger partial charge in [-0.2, -0.15) is 0 Å². The molecule has 0 radical (unpaired) electrons. The molecule has 3 nitrogen and oxygen atoms in total. The molecule has 2 unspecified atom stereocenters. The minimum atomic E-state index is 0.0903. The largest absolute Gasteiger partial charge is 0.331 e. The Labute approximate surface area is 108 Å². The lowest BCUT2D eigenvalue weighted by atomic mass is 9.69. The van der Waals surface area contributed by atoms with E-state index in [-0.39, 0.29) is 11.4 Å². The number of rotatable bonds is 2. The molecule has 3 bridgehead atoms. The molecule has 1 spiro atoms. The summed E-state index contributed by atoms with van der Waals surface area (Å²) in [5, 5.41) is 0. The second-order valence-electron chi connectivity index (χ2n) is 6.34. The van der Waals surface area contributed by atoms with Crippen LogP contribution < -0.4 is 0 Å². The highest BCUT2D eigenvalue weighted by atomic mass is 16.2. The summed E-state index contributed by atoms with van der Waals surface area (Å²) in [6.45, 7) is 7.27. The molecule has 3 fully saturated rings. The van der Waals surface area contributed by atoms with Gasteiger partial charge >= 0.3 is 0 Å². The average molecular weight is 244 g/mol. The summed E-state index contributed by atoms with van der Waals surface area (Å²) in [6, 6.07) is 0.501. The fourth-order valence-corrected chi connectivity index (χ4v) is 5.06. The lowest BCUT2D eigenvalue weighted by Crippen LogP contribution is -2.64. The van der Waals surface area contributed by atoms with E-state index in [0.717, 1.165) is 19.4 Å². The van der Waals surface area contributed by atoms with Crippen LogP contribution in [0.25, 0.3) is 0 Å². The van der Waals surface area contributed by atoms with Crippen molar-refractivity contribution < 1.29 is 4.79 Å². The molecule has 4 aliphatic heterocycles. The normalized spacial score (nSPS) is 48.4. The molecular weight excluding hydrogens is 224 g/mol. The summed E-state index contributed by atoms with van der Waals surface area (Å²) in [5.74, 6) is 1.62. The topological polar surface area (TPSA) is 23.6 Å². The number of piperidine rings is 2. The van der Waals surface area contributed by atoms with E-state index in [1.54, 1.807) is 6.08 Å². The maximum absolute atomic E-state index is 12.3. The number of nitrogens with zero attached hydrogens (tertiary/aromatic N) is 2. The minimum Gasteiger partial charge on any atom is -0.331 e. The van der Waals surface area contributed by atoms with Crippen LogP contribution >= 0.6 is 0 Å². The van der Waals surface area contributed by atoms with Gasteiger partial charge in [0.2, 0.25) is 5.91 Å². The van der Waals surface area contributed by atoms with Gasteiger partial charge in [0.1, 0.15) is 0 Å². The van der Waals surface area contributed by atoms with Crippen molar-refractivity contribution in [1.29, 1.82) is 0 Å². The van der Waals surface area contributed by atoms with Crippen LogP contribution in [0, 0.1) is 11.8 Å². The van der Waals surface area contributed by atoms with Crippen LogP contribution in [0.5, 0.6) is 0 Å². The Morgan fingerprint density at radius 2 is 2.33 bits per heavy atom. The molecule has 0 N–H and O–H groups in total. The molecule has 3 heteroatoms. The first kappa shape index (κ1) is 10.8. The molecule has 0 aromatic rings. The Balaban J connectivity index is 1.85. The number of hydrogen-bond acceptors (Lipinski definition) is 2. The highest BCUT2D eigenvalue weighted by Gasteiger charge is 2.63. The zero-order chi connectivity index (χ0) is 12.3. The third-order valence-electron chi connectivity index (χ3n) is 5.59. The summed E-state index contributed by atoms with van der Waals surface area (Å²) in [7, 11) is 0. The first-order chi connectivity index (χ1) is 8.75. The van der Waals surface area contributed by atoms with E-state index < -0.39 is 0 Å². The van der Waals surface area contributed by atoms with Gasteiger partial charge in [0, 0.05) is 25.7 Å². The van der Waals surface area contributed by atoms with Crippen molar-refractivity contribution in [3.05, 3.63) is 24.8 Å². The fourth-order valence-electron chi connectivity index (χ4n) is 5.06. The molecule has 4 heterocycles. The second-order valence-corrected chi connectivity index (χ2v) is 6.34. The monoisotopic (exact) mass is 244 g/mol. The van der Waals surface area contributed by atoms with Gasteiger partial charge in [-0.05, 0) is 37.2 Å². The first-order valence-electron chi connectivity index (χ1n) is 7.09. The second kappa shape index (κ2) is 3.47. The number of carbonyl (C=O) groups is 1. The fraction of sp³-hybridized carbons (Fsp3) is 0.667. The van der Waals surface area contributed by atoms with Gasteiger partial charge in [-0.15, -0.1) is 6.58 Å². The van der Waals surface area contributed by atoms with Crippen LogP contribution in [-0.2, 0) is 4.79 Å². The molecule has 0 saturated carbocycles. The maximum atomic E-state index is 12.3. The van der Waals surface area contributed by atoms with E-state index >= 15 is 0 Å². The van der Waals surface area contributed by atoms with Crippen molar-refractivity contribution in [3.63, 3.8) is 0 Å². The Morgan fingerprint density at radius 1 is 1.44 bits per heavy atom. The molecule has 0 aliphatic carbocycles. The maximum Gasteiger partial charge on any atom is 0.246 e. The zero-order valence-corrected chi connectivity index (χ0v) is 10.7. The standard InChI is InChI=1S/C15H20N2O/c1-2-4-13-15-6-3-5-14(18)17(15)9-11-7-12(15)10-16(13)8-11/h2-3,5,11-13H,1,4,6-10H2/t11?,12-,13-,15-/m1/s1. The van der Waals surface area contributed by atoms with E-state index in [4.69, 9.17) is 0 Å². The lowest BCUT2D eigenvalue weighted by molar-refractivity contribution is -0.140. The summed E-state index contributed by atoms with van der Waals surface area (Å²) in [4.78, 5) is 17.1. The molecule has 3 saturated heterocycles. The van der Waals surface area contributed by atoms with Crippen molar-refractivity contribution in [2.75, 3.05) is 19.6 Å². The minimum absolute atomic E-state index is 0.0903. The van der Waals surface area contributed by atoms with E-state index in [1.165, 1.54) is 19.5 Å². The highest BCUT2D eigenvalue weighted by molar-refractivity contribution is 5.89. The summed E-state index contributed by atoms with van der Waals surface area (Å²) in [6.07, 6.45) is 9.31. The molecule has 0 aromatic heterocycles. The summed E-state index contributed by atoms with van der Waals surface area (Å²) in [5.41, 5.74) is 0.0903. The van der Waals surface area contributed by atoms with E-state index in [1.807, 2.05) is 6.08 Å². The Morgan fingerprint density at radius 3 is 3.17 bits per heavy atom. The van der Waals surface area contributed by atoms with E-state index in [2.05, 4.69) is 22.5 Å². The Kier molecular flexibility index (Phi) is 2.08. The van der Waals surface area contributed by atoms with Crippen molar-refractivity contribution in [2.24, 2.45) is 11.8 Å². The van der Waals surface area contributed by atoms with Gasteiger partial charge < -0.3 is 4.90 Å². The van der Waals surface area contributed by atoms with Crippen LogP contribution in [0.4, 0.5) is 0 Å². The third-order valence-corrected chi connectivity index (χ3v) is 5.59. The smallest absolute Gasteiger partial charge is 0.246 e. The van der Waals surface area contributed by atoms with E-state index in [9.17, 15) is 4.79 Å². The van der Waals surface area contributed by atoms with Crippen molar-refractivity contribution in [1.82, 2.24) is 9.80 Å². The van der Waals surface area contributed by atoms with Crippen LogP contribution in [0.3, 0.4) is 0 Å². The molecule has 18 heavy (non-hydrogen) atoms. The molecule has 5 atom stereocenters. The molecule has 0 aromatic carbocycles. The molecule has 4 aliphatic rings. The Bertz CT molecular complexity index is 444. The van der Waals surface area contributed by atoms with Crippen molar-refractivity contribution >= 4 is 5.91 Å². The van der Waals surface area contributed by atoms with Gasteiger partial charge in [-0.3, -0.25) is 9.69 Å². The van der Waals surface area contributed by atoms with Crippen LogP contribution in [0.15, 0.2) is 24.8 Å². The van der Waals surface area contributed by atoms with E-state index in [0.29, 0.717) is 17.9 Å². The quantitative estimate of drug-likeness (QED) is 0.686. The SMILES string of the molecule is C=CC[C@H]1N2CC3C[C@H](C2)[C@]12CC=CC(=O)N2C3. The van der Waals surface area contributed by atoms with Crippen LogP contribution in [-0.4, -0.2) is 46.9 Å². The third kappa shape index (κ3) is 1.11. The molecule has 1 amide bonds. The van der Waals surface area contributed by atoms with Gasteiger partial charge in [0.25, 0.3) is 0 Å². The van der Waals surface area contributed by atoms with Gasteiger partial charge in [-0.1, -0.05) is 12.2 Å². The Hall–Kier alpha value is -1.09. The lowest BCUT2D eigenvalue weighted by Gasteiger charge is -2.53. The van der Waals surface area contributed by atoms with Gasteiger partial charge in [-0.25, -0.2) is 0 Å². The number of carbonyl (C=O) groups excluding carboxylic acids is 1. The zero-order valence-electron chi connectivity index (χ0n) is 10.7. The van der Waals surface area contributed by atoms with Crippen molar-refractivity contribution in [2.45, 2.75) is 30.8 Å². The number of amides is 1. The van der Waals surface area contributed by atoms with Crippen LogP contribution in [0.2, 0.25) is 0 Å². The summed E-state index contributed by atoms with van der Waals surface area (Å²) < 4.78 is 0. The average Bonchev–Trinajstić information content (AvgIpc) is 2.50. The van der Waals surface area contributed by atoms with Crippen molar-refractivity contribution in [3.8, 4) is 0 Å². The summed E-state index contributed by atoms with van der Waals surface area (Å²) >= 11 is 0. The predicted molar refractivity (Wildman–Crippen MR) is 70.0 cm³/mol. The highest BCUT2D eigenvalue weighted by Crippen LogP contribution is 2.53. The first-order valence-corrected chi connectivity index (χ1v) is 7.09.